The molecule has 0 saturated carbocycles. The third-order valence-corrected chi connectivity index (χ3v) is 3.14. The van der Waals surface area contributed by atoms with Gasteiger partial charge in [0.2, 0.25) is 0 Å². The van der Waals surface area contributed by atoms with E-state index in [-0.39, 0.29) is 35.3 Å². The highest BCUT2D eigenvalue weighted by molar-refractivity contribution is 9.10. The van der Waals surface area contributed by atoms with E-state index in [0.717, 1.165) is 0 Å². The van der Waals surface area contributed by atoms with E-state index in [1.807, 2.05) is 27.7 Å². The molecule has 0 radical (unpaired) electrons. The molecule has 0 atom stereocenters. The highest BCUT2D eigenvalue weighted by atomic mass is 79.9. The lowest BCUT2D eigenvalue weighted by Crippen LogP contribution is -2.14. The van der Waals surface area contributed by atoms with Crippen molar-refractivity contribution in [2.24, 2.45) is 11.8 Å². The summed E-state index contributed by atoms with van der Waals surface area (Å²) in [4.78, 5) is 23.6. The Morgan fingerprint density at radius 1 is 1.00 bits per heavy atom. The Morgan fingerprint density at radius 2 is 1.52 bits per heavy atom. The quantitative estimate of drug-likeness (QED) is 0.561. The number of para-hydroxylation sites is 1. The molecule has 0 amide bonds. The summed E-state index contributed by atoms with van der Waals surface area (Å²) in [5, 5.41) is 0. The summed E-state index contributed by atoms with van der Waals surface area (Å²) in [6, 6.07) is 5.07. The number of halogens is 1. The van der Waals surface area contributed by atoms with Gasteiger partial charge in [0.1, 0.15) is 0 Å². The van der Waals surface area contributed by atoms with E-state index in [0.29, 0.717) is 17.3 Å². The summed E-state index contributed by atoms with van der Waals surface area (Å²) in [6.07, 6.45) is 0.618. The highest BCUT2D eigenvalue weighted by Crippen LogP contribution is 2.36. The Balaban J connectivity index is 2.87. The van der Waals surface area contributed by atoms with E-state index >= 15 is 0 Å². The number of rotatable bonds is 6. The van der Waals surface area contributed by atoms with Crippen LogP contribution in [0.5, 0.6) is 11.5 Å². The minimum absolute atomic E-state index is 0.201. The van der Waals surface area contributed by atoms with Crippen LogP contribution in [0.1, 0.15) is 40.5 Å². The van der Waals surface area contributed by atoms with E-state index in [9.17, 15) is 9.59 Å². The molecular weight excluding hydrogens is 336 g/mol. The molecule has 0 fully saturated rings. The molecule has 0 aliphatic carbocycles. The number of carbonyl (C=O) groups is 2. The minimum Gasteiger partial charge on any atom is -0.422 e. The van der Waals surface area contributed by atoms with Gasteiger partial charge >= 0.3 is 11.9 Å². The molecule has 0 aliphatic rings. The molecule has 0 N–H and O–H groups in total. The van der Waals surface area contributed by atoms with E-state index in [2.05, 4.69) is 15.9 Å². The highest BCUT2D eigenvalue weighted by Gasteiger charge is 2.17. The van der Waals surface area contributed by atoms with Gasteiger partial charge in [0.15, 0.2) is 11.5 Å². The monoisotopic (exact) mass is 356 g/mol. The van der Waals surface area contributed by atoms with Crippen LogP contribution in [0, 0.1) is 11.8 Å². The van der Waals surface area contributed by atoms with Crippen molar-refractivity contribution >= 4 is 27.9 Å². The maximum atomic E-state index is 11.8. The molecule has 0 aromatic heterocycles. The molecule has 116 valence electrons. The Hall–Kier alpha value is -1.36. The number of hydrogen-bond donors (Lipinski definition) is 0. The Morgan fingerprint density at radius 3 is 2.05 bits per heavy atom. The van der Waals surface area contributed by atoms with E-state index in [1.165, 1.54) is 0 Å². The first-order valence-electron chi connectivity index (χ1n) is 6.99. The number of benzene rings is 1. The van der Waals surface area contributed by atoms with Crippen molar-refractivity contribution in [3.63, 3.8) is 0 Å². The molecule has 0 unspecified atom stereocenters. The zero-order valence-corrected chi connectivity index (χ0v) is 14.4. The van der Waals surface area contributed by atoms with Gasteiger partial charge < -0.3 is 9.47 Å². The van der Waals surface area contributed by atoms with Crippen molar-refractivity contribution in [2.75, 3.05) is 0 Å². The van der Waals surface area contributed by atoms with Crippen LogP contribution in [0.3, 0.4) is 0 Å². The van der Waals surface area contributed by atoms with Crippen LogP contribution in [0.2, 0.25) is 0 Å². The van der Waals surface area contributed by atoms with Crippen LogP contribution in [-0.2, 0) is 9.59 Å². The fourth-order valence-corrected chi connectivity index (χ4v) is 2.08. The van der Waals surface area contributed by atoms with Gasteiger partial charge in [0, 0.05) is 12.8 Å². The first kappa shape index (κ1) is 17.7. The summed E-state index contributed by atoms with van der Waals surface area (Å²) in [6.45, 7) is 7.74. The van der Waals surface area contributed by atoms with Crippen LogP contribution < -0.4 is 9.47 Å². The predicted octanol–water partition coefficient (Wildman–Crippen LogP) is 4.35. The predicted molar refractivity (Wildman–Crippen MR) is 84.3 cm³/mol. The molecule has 1 rings (SSSR count). The normalized spacial score (nSPS) is 10.8. The SMILES string of the molecule is CC(C)CC(=O)Oc1cccc(Br)c1OC(=O)CC(C)C. The molecular formula is C16H21BrO4. The van der Waals surface area contributed by atoms with Crippen molar-refractivity contribution < 1.29 is 19.1 Å². The van der Waals surface area contributed by atoms with Crippen molar-refractivity contribution in [1.29, 1.82) is 0 Å². The van der Waals surface area contributed by atoms with Crippen LogP contribution in [0.15, 0.2) is 22.7 Å². The zero-order valence-electron chi connectivity index (χ0n) is 12.8. The van der Waals surface area contributed by atoms with Crippen LogP contribution >= 0.6 is 15.9 Å². The molecule has 4 nitrogen and oxygen atoms in total. The van der Waals surface area contributed by atoms with Gasteiger partial charge in [-0.05, 0) is 39.9 Å². The molecule has 0 bridgehead atoms. The van der Waals surface area contributed by atoms with Gasteiger partial charge in [0.05, 0.1) is 4.47 Å². The molecule has 21 heavy (non-hydrogen) atoms. The lowest BCUT2D eigenvalue weighted by molar-refractivity contribution is -0.138. The summed E-state index contributed by atoms with van der Waals surface area (Å²) < 4.78 is 11.2. The second-order valence-corrected chi connectivity index (χ2v) is 6.57. The van der Waals surface area contributed by atoms with Crippen molar-refractivity contribution in [3.8, 4) is 11.5 Å². The van der Waals surface area contributed by atoms with Gasteiger partial charge in [-0.2, -0.15) is 0 Å². The largest absolute Gasteiger partial charge is 0.422 e. The summed E-state index contributed by atoms with van der Waals surface area (Å²) in [7, 11) is 0. The second-order valence-electron chi connectivity index (χ2n) is 5.71. The number of esters is 2. The third-order valence-electron chi connectivity index (χ3n) is 2.52. The first-order valence-corrected chi connectivity index (χ1v) is 7.78. The number of hydrogen-bond acceptors (Lipinski definition) is 4. The topological polar surface area (TPSA) is 52.6 Å². The van der Waals surface area contributed by atoms with Crippen LogP contribution in [-0.4, -0.2) is 11.9 Å². The second kappa shape index (κ2) is 8.17. The average molecular weight is 357 g/mol. The van der Waals surface area contributed by atoms with Crippen LogP contribution in [0.25, 0.3) is 0 Å². The number of ether oxygens (including phenoxy) is 2. The van der Waals surface area contributed by atoms with Gasteiger partial charge in [-0.3, -0.25) is 9.59 Å². The minimum atomic E-state index is -0.349. The molecule has 1 aromatic carbocycles. The number of carbonyl (C=O) groups excluding carboxylic acids is 2. The molecule has 0 spiro atoms. The Labute approximate surface area is 133 Å². The summed E-state index contributed by atoms with van der Waals surface area (Å²) >= 11 is 3.31. The fourth-order valence-electron chi connectivity index (χ4n) is 1.65. The molecule has 1 aromatic rings. The Bertz CT molecular complexity index is 509. The van der Waals surface area contributed by atoms with Crippen LogP contribution in [0.4, 0.5) is 0 Å². The van der Waals surface area contributed by atoms with E-state index < -0.39 is 0 Å². The molecule has 0 heterocycles. The lowest BCUT2D eigenvalue weighted by Gasteiger charge is -2.13. The average Bonchev–Trinajstić information content (AvgIpc) is 2.31. The fraction of sp³-hybridized carbons (Fsp3) is 0.500. The third kappa shape index (κ3) is 6.29. The van der Waals surface area contributed by atoms with Gasteiger partial charge in [-0.15, -0.1) is 0 Å². The smallest absolute Gasteiger partial charge is 0.311 e. The van der Waals surface area contributed by atoms with Gasteiger partial charge in [-0.25, -0.2) is 0 Å². The van der Waals surface area contributed by atoms with Crippen molar-refractivity contribution in [2.45, 2.75) is 40.5 Å². The maximum absolute atomic E-state index is 11.8. The zero-order chi connectivity index (χ0) is 16.0. The van der Waals surface area contributed by atoms with Gasteiger partial charge in [-0.1, -0.05) is 33.8 Å². The first-order chi connectivity index (χ1) is 9.79. The Kier molecular flexibility index (Phi) is 6.89. The van der Waals surface area contributed by atoms with Crippen molar-refractivity contribution in [1.82, 2.24) is 0 Å². The molecule has 0 aliphatic heterocycles. The molecule has 5 heteroatoms. The van der Waals surface area contributed by atoms with Gasteiger partial charge in [0.25, 0.3) is 0 Å². The van der Waals surface area contributed by atoms with Crippen molar-refractivity contribution in [3.05, 3.63) is 22.7 Å². The molecule has 0 saturated heterocycles. The summed E-state index contributed by atoms with van der Waals surface area (Å²) in [5.41, 5.74) is 0. The van der Waals surface area contributed by atoms with E-state index in [1.54, 1.807) is 18.2 Å². The van der Waals surface area contributed by atoms with E-state index in [4.69, 9.17) is 9.47 Å². The standard InChI is InChI=1S/C16H21BrO4/c1-10(2)8-14(18)20-13-7-5-6-12(17)16(13)21-15(19)9-11(3)4/h5-7,10-11H,8-9H2,1-4H3. The maximum Gasteiger partial charge on any atom is 0.311 e. The lowest BCUT2D eigenvalue weighted by atomic mass is 10.1. The summed E-state index contributed by atoms with van der Waals surface area (Å²) in [5.74, 6) is 0.221.